The van der Waals surface area contributed by atoms with Gasteiger partial charge < -0.3 is 25.3 Å². The van der Waals surface area contributed by atoms with Crippen molar-refractivity contribution >= 4 is 45.5 Å². The topological polar surface area (TPSA) is 72.5 Å². The van der Waals surface area contributed by atoms with Crippen LogP contribution in [0.3, 0.4) is 0 Å². The Morgan fingerprint density at radius 3 is 2.24 bits per heavy atom. The van der Waals surface area contributed by atoms with Crippen molar-refractivity contribution < 1.29 is 0 Å². The van der Waals surface area contributed by atoms with Gasteiger partial charge in [-0.15, -0.1) is 0 Å². The number of likely N-dealkylation sites (N-methyl/N-ethyl adjacent to an activating group) is 1. The van der Waals surface area contributed by atoms with Crippen LogP contribution in [0.1, 0.15) is 0 Å². The van der Waals surface area contributed by atoms with E-state index in [0.717, 1.165) is 60.1 Å². The molecule has 174 valence electrons. The molecule has 0 aliphatic carbocycles. The van der Waals surface area contributed by atoms with Crippen LogP contribution in [0.15, 0.2) is 66.9 Å². The van der Waals surface area contributed by atoms with Gasteiger partial charge in [-0.3, -0.25) is 0 Å². The Balaban J connectivity index is 1.37. The normalized spacial score (nSPS) is 14.3. The molecule has 0 amide bonds. The zero-order valence-corrected chi connectivity index (χ0v) is 19.9. The molecular weight excluding hydrogens is 424 g/mol. The molecule has 1 saturated heterocycles. The lowest BCUT2D eigenvalue weighted by molar-refractivity contribution is 0.313. The second kappa shape index (κ2) is 9.52. The molecule has 5 rings (SSSR count). The van der Waals surface area contributed by atoms with E-state index in [4.69, 9.17) is 4.98 Å². The molecule has 2 aromatic carbocycles. The summed E-state index contributed by atoms with van der Waals surface area (Å²) in [5.41, 5.74) is 3.98. The molecule has 1 aliphatic heterocycles. The second-order valence-corrected chi connectivity index (χ2v) is 8.81. The fourth-order valence-corrected chi connectivity index (χ4v) is 4.10. The molecule has 8 heteroatoms. The zero-order valence-electron chi connectivity index (χ0n) is 19.9. The number of hydrogen-bond acceptors (Lipinski definition) is 8. The molecule has 34 heavy (non-hydrogen) atoms. The number of aromatic nitrogens is 3. The molecule has 1 fully saturated rings. The number of nitrogens with zero attached hydrogens (tertiary/aromatic N) is 6. The van der Waals surface area contributed by atoms with Crippen molar-refractivity contribution in [3.05, 3.63) is 66.9 Å². The van der Waals surface area contributed by atoms with Gasteiger partial charge in [-0.05, 0) is 49.5 Å². The van der Waals surface area contributed by atoms with Crippen LogP contribution in [0, 0.1) is 0 Å². The van der Waals surface area contributed by atoms with Crippen LogP contribution >= 0.6 is 0 Å². The first-order valence-corrected chi connectivity index (χ1v) is 11.5. The summed E-state index contributed by atoms with van der Waals surface area (Å²) < 4.78 is 0. The Bertz CT molecular complexity index is 1250. The minimum absolute atomic E-state index is 0.546. The van der Waals surface area contributed by atoms with Crippen LogP contribution in [-0.2, 0) is 0 Å². The molecule has 0 spiro atoms. The molecule has 3 heterocycles. The first kappa shape index (κ1) is 21.9. The number of fused-ring (bicyclic) bond motifs is 1. The predicted molar refractivity (Wildman–Crippen MR) is 141 cm³/mol. The van der Waals surface area contributed by atoms with E-state index < -0.39 is 0 Å². The Morgan fingerprint density at radius 1 is 0.824 bits per heavy atom. The van der Waals surface area contributed by atoms with Crippen LogP contribution in [0.5, 0.6) is 0 Å². The number of hydrogen-bond donors (Lipinski definition) is 2. The molecule has 0 atom stereocenters. The molecule has 2 aromatic heterocycles. The monoisotopic (exact) mass is 454 g/mol. The van der Waals surface area contributed by atoms with Gasteiger partial charge in [0.1, 0.15) is 11.6 Å². The predicted octanol–water partition coefficient (Wildman–Crippen LogP) is 4.33. The average molecular weight is 455 g/mol. The van der Waals surface area contributed by atoms with Gasteiger partial charge in [0.15, 0.2) is 0 Å². The third-order valence-corrected chi connectivity index (χ3v) is 6.02. The SMILES string of the molecule is CN1CCN(c2ccc(Nc3cc4c(N(C)C)nc(Nc5ccccc5)nc4cn3)cc2)CC1. The molecule has 0 unspecified atom stereocenters. The minimum Gasteiger partial charge on any atom is -0.369 e. The van der Waals surface area contributed by atoms with E-state index in [0.29, 0.717) is 5.95 Å². The van der Waals surface area contributed by atoms with Gasteiger partial charge in [0.25, 0.3) is 0 Å². The van der Waals surface area contributed by atoms with Gasteiger partial charge >= 0.3 is 0 Å². The molecule has 0 saturated carbocycles. The van der Waals surface area contributed by atoms with Gasteiger partial charge in [0, 0.05) is 62.7 Å². The number of rotatable bonds is 6. The summed E-state index contributed by atoms with van der Waals surface area (Å²) in [4.78, 5) is 20.8. The van der Waals surface area contributed by atoms with E-state index >= 15 is 0 Å². The highest BCUT2D eigenvalue weighted by atomic mass is 15.2. The third kappa shape index (κ3) is 4.87. The van der Waals surface area contributed by atoms with E-state index in [1.165, 1.54) is 5.69 Å². The van der Waals surface area contributed by atoms with E-state index in [-0.39, 0.29) is 0 Å². The number of pyridine rings is 1. The molecule has 0 radical (unpaired) electrons. The number of anilines is 6. The first-order valence-electron chi connectivity index (χ1n) is 11.5. The average Bonchev–Trinajstić information content (AvgIpc) is 2.85. The van der Waals surface area contributed by atoms with Gasteiger partial charge in [-0.2, -0.15) is 4.98 Å². The lowest BCUT2D eigenvalue weighted by Crippen LogP contribution is -2.44. The molecule has 2 N–H and O–H groups in total. The Labute approximate surface area is 200 Å². The van der Waals surface area contributed by atoms with Crippen LogP contribution in [0.4, 0.5) is 34.6 Å². The van der Waals surface area contributed by atoms with Crippen molar-refractivity contribution in [1.29, 1.82) is 0 Å². The van der Waals surface area contributed by atoms with Crippen LogP contribution in [0.2, 0.25) is 0 Å². The fraction of sp³-hybridized carbons (Fsp3) is 0.269. The van der Waals surface area contributed by atoms with Gasteiger partial charge in [-0.25, -0.2) is 9.97 Å². The van der Waals surface area contributed by atoms with E-state index in [1.54, 1.807) is 6.20 Å². The summed E-state index contributed by atoms with van der Waals surface area (Å²) in [6.45, 7) is 4.31. The second-order valence-electron chi connectivity index (χ2n) is 8.81. The highest BCUT2D eigenvalue weighted by Gasteiger charge is 2.15. The van der Waals surface area contributed by atoms with E-state index in [9.17, 15) is 0 Å². The summed E-state index contributed by atoms with van der Waals surface area (Å²) >= 11 is 0. The number of nitrogens with one attached hydrogen (secondary N) is 2. The van der Waals surface area contributed by atoms with E-state index in [2.05, 4.69) is 61.7 Å². The first-order chi connectivity index (χ1) is 16.5. The maximum absolute atomic E-state index is 4.75. The van der Waals surface area contributed by atoms with Crippen molar-refractivity contribution in [2.45, 2.75) is 0 Å². The quantitative estimate of drug-likeness (QED) is 0.446. The highest BCUT2D eigenvalue weighted by molar-refractivity contribution is 5.92. The Morgan fingerprint density at radius 2 is 1.53 bits per heavy atom. The fourth-order valence-electron chi connectivity index (χ4n) is 4.10. The largest absolute Gasteiger partial charge is 0.369 e. The summed E-state index contributed by atoms with van der Waals surface area (Å²) in [5, 5.41) is 7.65. The van der Waals surface area contributed by atoms with Crippen molar-refractivity contribution in [1.82, 2.24) is 19.9 Å². The maximum Gasteiger partial charge on any atom is 0.229 e. The number of para-hydroxylation sites is 1. The van der Waals surface area contributed by atoms with Crippen LogP contribution in [-0.4, -0.2) is 67.2 Å². The number of benzene rings is 2. The standard InChI is InChI=1S/C26H30N8/c1-32(2)25-22-17-24(27-18-23(22)30-26(31-25)29-19-7-5-4-6-8-19)28-20-9-11-21(12-10-20)34-15-13-33(3)14-16-34/h4-12,17-18H,13-16H2,1-3H3,(H,27,28)(H,29,30,31). The zero-order chi connectivity index (χ0) is 23.5. The lowest BCUT2D eigenvalue weighted by Gasteiger charge is -2.34. The van der Waals surface area contributed by atoms with E-state index in [1.807, 2.05) is 55.4 Å². The molecule has 0 bridgehead atoms. The smallest absolute Gasteiger partial charge is 0.229 e. The molecule has 8 nitrogen and oxygen atoms in total. The van der Waals surface area contributed by atoms with Gasteiger partial charge in [0.05, 0.1) is 11.7 Å². The summed E-state index contributed by atoms with van der Waals surface area (Å²) in [5.74, 6) is 2.14. The third-order valence-electron chi connectivity index (χ3n) is 6.02. The minimum atomic E-state index is 0.546. The van der Waals surface area contributed by atoms with Crippen molar-refractivity contribution in [3.8, 4) is 0 Å². The maximum atomic E-state index is 4.75. The highest BCUT2D eigenvalue weighted by Crippen LogP contribution is 2.28. The summed E-state index contributed by atoms with van der Waals surface area (Å²) in [7, 11) is 6.14. The van der Waals surface area contributed by atoms with Crippen molar-refractivity contribution in [2.75, 3.05) is 67.8 Å². The van der Waals surface area contributed by atoms with Crippen molar-refractivity contribution in [2.24, 2.45) is 0 Å². The van der Waals surface area contributed by atoms with Crippen molar-refractivity contribution in [3.63, 3.8) is 0 Å². The lowest BCUT2D eigenvalue weighted by atomic mass is 10.2. The van der Waals surface area contributed by atoms with Crippen LogP contribution < -0.4 is 20.4 Å². The van der Waals surface area contributed by atoms with Gasteiger partial charge in [-0.1, -0.05) is 18.2 Å². The van der Waals surface area contributed by atoms with Gasteiger partial charge in [0.2, 0.25) is 5.95 Å². The Hall–Kier alpha value is -3.91. The summed E-state index contributed by atoms with van der Waals surface area (Å²) in [6, 6.07) is 20.5. The van der Waals surface area contributed by atoms with Crippen LogP contribution in [0.25, 0.3) is 10.9 Å². The molecule has 1 aliphatic rings. The molecule has 4 aromatic rings. The Kier molecular flexibility index (Phi) is 6.14. The number of piperazine rings is 1. The molecular formula is C26H30N8. The summed E-state index contributed by atoms with van der Waals surface area (Å²) in [6.07, 6.45) is 1.79.